The highest BCUT2D eigenvalue weighted by atomic mass is 16.5. The van der Waals surface area contributed by atoms with Crippen LogP contribution in [0.2, 0.25) is 0 Å². The second-order valence-electron chi connectivity index (χ2n) is 8.99. The minimum atomic E-state index is 0.136. The Bertz CT molecular complexity index is 821. The number of hydrogen-bond donors (Lipinski definition) is 0. The van der Waals surface area contributed by atoms with E-state index in [4.69, 9.17) is 4.74 Å². The lowest BCUT2D eigenvalue weighted by atomic mass is 9.71. The minimum Gasteiger partial charge on any atom is -0.493 e. The molecule has 2 aliphatic heterocycles. The molecule has 1 aromatic heterocycles. The molecule has 0 N–H and O–H groups in total. The lowest BCUT2D eigenvalue weighted by Crippen LogP contribution is -2.61. The smallest absolute Gasteiger partial charge is 0.254 e. The molecule has 1 aromatic carbocycles. The van der Waals surface area contributed by atoms with Crippen LogP contribution in [0.4, 0.5) is 0 Å². The zero-order chi connectivity index (χ0) is 20.3. The first-order chi connectivity index (χ1) is 14.0. The highest BCUT2D eigenvalue weighted by molar-refractivity contribution is 5.94. The van der Waals surface area contributed by atoms with E-state index in [9.17, 15) is 4.79 Å². The lowest BCUT2D eigenvalue weighted by Gasteiger charge is -2.54. The number of likely N-dealkylation sites (tertiary alicyclic amines) is 2. The number of aromatic nitrogens is 1. The van der Waals surface area contributed by atoms with Crippen LogP contribution < -0.4 is 4.74 Å². The molecule has 154 valence electrons. The third-order valence-electron chi connectivity index (χ3n) is 6.12. The molecule has 2 fully saturated rings. The molecule has 0 radical (unpaired) electrons. The number of nitrogens with zero attached hydrogens (tertiary/aromatic N) is 3. The number of hydrogen-bond acceptors (Lipinski definition) is 4. The maximum absolute atomic E-state index is 12.6. The van der Waals surface area contributed by atoms with Crippen molar-refractivity contribution in [3.8, 4) is 5.75 Å². The average Bonchev–Trinajstić information content (AvgIpc) is 2.72. The highest BCUT2D eigenvalue weighted by Gasteiger charge is 2.46. The van der Waals surface area contributed by atoms with E-state index in [1.165, 1.54) is 5.56 Å². The molecule has 0 aliphatic carbocycles. The normalized spacial score (nSPS) is 18.7. The second-order valence-corrected chi connectivity index (χ2v) is 8.99. The Morgan fingerprint density at radius 3 is 2.48 bits per heavy atom. The summed E-state index contributed by atoms with van der Waals surface area (Å²) >= 11 is 0. The molecule has 3 heterocycles. The maximum atomic E-state index is 12.6. The zero-order valence-electron chi connectivity index (χ0n) is 17.5. The number of carbonyl (C=O) groups excluding carboxylic acids is 1. The molecular formula is C24H31N3O2. The average molecular weight is 394 g/mol. The molecule has 5 heteroatoms. The topological polar surface area (TPSA) is 45.7 Å². The molecule has 0 bridgehead atoms. The predicted molar refractivity (Wildman–Crippen MR) is 114 cm³/mol. The molecule has 2 aliphatic rings. The molecule has 2 aromatic rings. The van der Waals surface area contributed by atoms with Crippen LogP contribution in [-0.4, -0.2) is 53.5 Å². The van der Waals surface area contributed by atoms with Crippen molar-refractivity contribution in [3.63, 3.8) is 0 Å². The summed E-state index contributed by atoms with van der Waals surface area (Å²) in [6.45, 7) is 9.96. The van der Waals surface area contributed by atoms with E-state index in [1.54, 1.807) is 24.5 Å². The van der Waals surface area contributed by atoms with Gasteiger partial charge in [0.25, 0.3) is 5.91 Å². The molecule has 2 saturated heterocycles. The number of carbonyl (C=O) groups is 1. The van der Waals surface area contributed by atoms with Gasteiger partial charge in [-0.05, 0) is 50.0 Å². The van der Waals surface area contributed by atoms with Crippen molar-refractivity contribution in [1.82, 2.24) is 14.8 Å². The van der Waals surface area contributed by atoms with Gasteiger partial charge < -0.3 is 9.64 Å². The van der Waals surface area contributed by atoms with Crippen LogP contribution in [0.5, 0.6) is 5.75 Å². The van der Waals surface area contributed by atoms with Crippen LogP contribution in [0.3, 0.4) is 0 Å². The number of piperidine rings is 1. The van der Waals surface area contributed by atoms with Gasteiger partial charge in [0.05, 0.1) is 6.61 Å². The first kappa shape index (κ1) is 19.9. The van der Waals surface area contributed by atoms with Crippen molar-refractivity contribution >= 4 is 5.91 Å². The van der Waals surface area contributed by atoms with E-state index in [0.29, 0.717) is 11.3 Å². The summed E-state index contributed by atoms with van der Waals surface area (Å²) in [6, 6.07) is 12.0. The standard InChI is InChI=1S/C24H31N3O2/c1-19(2)16-29-22-6-4-3-5-21(22)15-26-13-9-24(10-14-26)17-27(18-24)23(28)20-7-11-25-12-8-20/h3-8,11-12,19H,9-10,13-18H2,1-2H3. The van der Waals surface area contributed by atoms with Gasteiger partial charge in [0, 0.05) is 48.6 Å². The van der Waals surface area contributed by atoms with Crippen LogP contribution in [0.1, 0.15) is 42.6 Å². The van der Waals surface area contributed by atoms with Gasteiger partial charge in [-0.2, -0.15) is 0 Å². The number of benzene rings is 1. The summed E-state index contributed by atoms with van der Waals surface area (Å²) < 4.78 is 6.02. The van der Waals surface area contributed by atoms with Crippen LogP contribution in [0, 0.1) is 11.3 Å². The Hall–Kier alpha value is -2.40. The SMILES string of the molecule is CC(C)COc1ccccc1CN1CCC2(CC1)CN(C(=O)c1ccncc1)C2. The Kier molecular flexibility index (Phi) is 5.86. The van der Waals surface area contributed by atoms with E-state index >= 15 is 0 Å². The second kappa shape index (κ2) is 8.54. The van der Waals surface area contributed by atoms with Gasteiger partial charge in [-0.15, -0.1) is 0 Å². The molecular weight excluding hydrogens is 362 g/mol. The summed E-state index contributed by atoms with van der Waals surface area (Å²) in [4.78, 5) is 21.1. The van der Waals surface area contributed by atoms with Crippen molar-refractivity contribution in [2.75, 3.05) is 32.8 Å². The number of rotatable bonds is 6. The van der Waals surface area contributed by atoms with E-state index in [0.717, 1.165) is 63.5 Å². The van der Waals surface area contributed by atoms with Gasteiger partial charge in [-0.3, -0.25) is 14.7 Å². The maximum Gasteiger partial charge on any atom is 0.254 e. The van der Waals surface area contributed by atoms with E-state index in [1.807, 2.05) is 11.0 Å². The third-order valence-corrected chi connectivity index (χ3v) is 6.12. The van der Waals surface area contributed by atoms with E-state index in [2.05, 4.69) is 41.9 Å². The van der Waals surface area contributed by atoms with Crippen LogP contribution in [0.25, 0.3) is 0 Å². The van der Waals surface area contributed by atoms with Gasteiger partial charge in [0.2, 0.25) is 0 Å². The molecule has 29 heavy (non-hydrogen) atoms. The molecule has 1 amide bonds. The number of para-hydroxylation sites is 1. The van der Waals surface area contributed by atoms with Crippen LogP contribution in [-0.2, 0) is 6.54 Å². The van der Waals surface area contributed by atoms with Crippen molar-refractivity contribution in [3.05, 3.63) is 59.9 Å². The van der Waals surface area contributed by atoms with E-state index < -0.39 is 0 Å². The van der Waals surface area contributed by atoms with Crippen molar-refractivity contribution in [2.24, 2.45) is 11.3 Å². The fourth-order valence-electron chi connectivity index (χ4n) is 4.36. The van der Waals surface area contributed by atoms with Gasteiger partial charge in [-0.25, -0.2) is 0 Å². The Morgan fingerprint density at radius 2 is 1.79 bits per heavy atom. The molecule has 1 spiro atoms. The first-order valence-electron chi connectivity index (χ1n) is 10.7. The number of amides is 1. The van der Waals surface area contributed by atoms with Crippen LogP contribution in [0.15, 0.2) is 48.8 Å². The third kappa shape index (κ3) is 4.61. The Labute approximate surface area is 173 Å². The summed E-state index contributed by atoms with van der Waals surface area (Å²) in [7, 11) is 0. The van der Waals surface area contributed by atoms with Crippen LogP contribution >= 0.6 is 0 Å². The highest BCUT2D eigenvalue weighted by Crippen LogP contribution is 2.41. The Morgan fingerprint density at radius 1 is 1.10 bits per heavy atom. The molecule has 0 unspecified atom stereocenters. The molecule has 4 rings (SSSR count). The summed E-state index contributed by atoms with van der Waals surface area (Å²) in [5.74, 6) is 1.67. The quantitative estimate of drug-likeness (QED) is 0.748. The fraction of sp³-hybridized carbons (Fsp3) is 0.500. The Balaban J connectivity index is 1.28. The summed E-state index contributed by atoms with van der Waals surface area (Å²) in [5.41, 5.74) is 2.32. The fourth-order valence-corrected chi connectivity index (χ4v) is 4.36. The number of pyridine rings is 1. The molecule has 5 nitrogen and oxygen atoms in total. The summed E-state index contributed by atoms with van der Waals surface area (Å²) in [5, 5.41) is 0. The first-order valence-corrected chi connectivity index (χ1v) is 10.7. The van der Waals surface area contributed by atoms with Gasteiger partial charge in [0.15, 0.2) is 0 Å². The minimum absolute atomic E-state index is 0.136. The summed E-state index contributed by atoms with van der Waals surface area (Å²) in [6.07, 6.45) is 5.68. The molecule has 0 atom stereocenters. The lowest BCUT2D eigenvalue weighted by molar-refractivity contribution is -0.0337. The van der Waals surface area contributed by atoms with Crippen molar-refractivity contribution in [2.45, 2.75) is 33.2 Å². The van der Waals surface area contributed by atoms with Crippen molar-refractivity contribution < 1.29 is 9.53 Å². The monoisotopic (exact) mass is 393 g/mol. The molecule has 0 saturated carbocycles. The van der Waals surface area contributed by atoms with Gasteiger partial charge >= 0.3 is 0 Å². The zero-order valence-corrected chi connectivity index (χ0v) is 17.5. The largest absolute Gasteiger partial charge is 0.493 e. The van der Waals surface area contributed by atoms with Gasteiger partial charge in [0.1, 0.15) is 5.75 Å². The van der Waals surface area contributed by atoms with Crippen molar-refractivity contribution in [1.29, 1.82) is 0 Å². The predicted octanol–water partition coefficient (Wildman–Crippen LogP) is 3.85. The number of ether oxygens (including phenoxy) is 1. The van der Waals surface area contributed by atoms with Gasteiger partial charge in [-0.1, -0.05) is 32.0 Å². The van der Waals surface area contributed by atoms with E-state index in [-0.39, 0.29) is 5.91 Å².